The average Bonchev–Trinajstić information content (AvgIpc) is 2.55. The van der Waals surface area contributed by atoms with Gasteiger partial charge in [0, 0.05) is 11.5 Å². The Balaban J connectivity index is 1.88. The van der Waals surface area contributed by atoms with Gasteiger partial charge in [-0.1, -0.05) is 24.3 Å². The largest absolute Gasteiger partial charge is 0.497 e. The summed E-state index contributed by atoms with van der Waals surface area (Å²) >= 11 is 0. The molecule has 106 valence electrons. The maximum atomic E-state index is 11.7. The highest BCUT2D eigenvalue weighted by Gasteiger charge is 2.06. The quantitative estimate of drug-likeness (QED) is 0.798. The second-order valence-electron chi connectivity index (χ2n) is 4.51. The van der Waals surface area contributed by atoms with Crippen molar-refractivity contribution in [2.75, 3.05) is 7.11 Å². The lowest BCUT2D eigenvalue weighted by molar-refractivity contribution is 0.299. The van der Waals surface area contributed by atoms with Gasteiger partial charge in [-0.25, -0.2) is 5.10 Å². The van der Waals surface area contributed by atoms with Crippen molar-refractivity contribution in [2.45, 2.75) is 6.61 Å². The summed E-state index contributed by atoms with van der Waals surface area (Å²) in [5.41, 5.74) is 0.490. The Bertz CT molecular complexity index is 827. The van der Waals surface area contributed by atoms with Gasteiger partial charge in [0.05, 0.1) is 12.5 Å². The summed E-state index contributed by atoms with van der Waals surface area (Å²) in [6, 6.07) is 14.7. The second-order valence-corrected chi connectivity index (χ2v) is 4.51. The molecule has 5 nitrogen and oxygen atoms in total. The van der Waals surface area contributed by atoms with Crippen molar-refractivity contribution in [2.24, 2.45) is 0 Å². The summed E-state index contributed by atoms with van der Waals surface area (Å²) in [4.78, 5) is 11.7. The highest BCUT2D eigenvalue weighted by atomic mass is 16.5. The van der Waals surface area contributed by atoms with Gasteiger partial charge in [-0.15, -0.1) is 0 Å². The summed E-state index contributed by atoms with van der Waals surface area (Å²) in [6.07, 6.45) is 0. The van der Waals surface area contributed by atoms with Gasteiger partial charge in [0.25, 0.3) is 5.56 Å². The molecule has 0 saturated carbocycles. The van der Waals surface area contributed by atoms with Gasteiger partial charge < -0.3 is 9.47 Å². The first-order valence-electron chi connectivity index (χ1n) is 6.51. The van der Waals surface area contributed by atoms with Gasteiger partial charge in [-0.05, 0) is 18.2 Å². The molecule has 3 rings (SSSR count). The molecule has 0 unspecified atom stereocenters. The first-order chi connectivity index (χ1) is 10.3. The third kappa shape index (κ3) is 2.72. The number of aromatic nitrogens is 2. The van der Waals surface area contributed by atoms with E-state index in [9.17, 15) is 4.79 Å². The normalized spacial score (nSPS) is 10.5. The van der Waals surface area contributed by atoms with Crippen LogP contribution in [0.25, 0.3) is 10.8 Å². The Kier molecular flexibility index (Phi) is 3.55. The monoisotopic (exact) mass is 282 g/mol. The van der Waals surface area contributed by atoms with Crippen molar-refractivity contribution < 1.29 is 9.47 Å². The van der Waals surface area contributed by atoms with Crippen LogP contribution in [0.2, 0.25) is 0 Å². The molecule has 0 aliphatic heterocycles. The topological polar surface area (TPSA) is 64.2 Å². The number of ether oxygens (including phenoxy) is 2. The number of benzene rings is 2. The van der Waals surface area contributed by atoms with E-state index >= 15 is 0 Å². The fourth-order valence-corrected chi connectivity index (χ4v) is 2.12. The fraction of sp³-hybridized carbons (Fsp3) is 0.125. The van der Waals surface area contributed by atoms with Crippen molar-refractivity contribution in [1.29, 1.82) is 0 Å². The number of nitrogens with one attached hydrogen (secondary N) is 1. The predicted octanol–water partition coefficient (Wildman–Crippen LogP) is 2.51. The smallest absolute Gasteiger partial charge is 0.272 e. The van der Waals surface area contributed by atoms with Crippen LogP contribution in [0.5, 0.6) is 11.5 Å². The van der Waals surface area contributed by atoms with E-state index in [-0.39, 0.29) is 12.2 Å². The summed E-state index contributed by atoms with van der Waals surface area (Å²) in [5, 5.41) is 7.97. The van der Waals surface area contributed by atoms with Gasteiger partial charge in [0.2, 0.25) is 0 Å². The Morgan fingerprint density at radius 1 is 1.05 bits per heavy atom. The van der Waals surface area contributed by atoms with Crippen molar-refractivity contribution in [1.82, 2.24) is 10.2 Å². The van der Waals surface area contributed by atoms with Crippen molar-refractivity contribution in [3.63, 3.8) is 0 Å². The van der Waals surface area contributed by atoms with E-state index in [1.165, 1.54) is 0 Å². The molecule has 1 N–H and O–H groups in total. The molecule has 0 fully saturated rings. The van der Waals surface area contributed by atoms with Crippen molar-refractivity contribution in [3.8, 4) is 11.5 Å². The molecular formula is C16H14N2O3. The van der Waals surface area contributed by atoms with Crippen molar-refractivity contribution in [3.05, 3.63) is 64.6 Å². The zero-order chi connectivity index (χ0) is 14.7. The van der Waals surface area contributed by atoms with E-state index in [1.54, 1.807) is 19.2 Å². The highest BCUT2D eigenvalue weighted by molar-refractivity contribution is 5.83. The predicted molar refractivity (Wildman–Crippen MR) is 79.7 cm³/mol. The summed E-state index contributed by atoms with van der Waals surface area (Å²) in [5.74, 6) is 1.42. The van der Waals surface area contributed by atoms with Gasteiger partial charge in [0.1, 0.15) is 23.8 Å². The SMILES string of the molecule is COc1cccc(OCc2n[nH]c(=O)c3ccccc23)c1. The molecule has 0 aliphatic rings. The van der Waals surface area contributed by atoms with Crippen LogP contribution in [0.1, 0.15) is 5.69 Å². The standard InChI is InChI=1S/C16H14N2O3/c1-20-11-5-4-6-12(9-11)21-10-15-13-7-2-3-8-14(13)16(19)18-17-15/h2-9H,10H2,1H3,(H,18,19). The summed E-state index contributed by atoms with van der Waals surface area (Å²) in [6.45, 7) is 0.268. The van der Waals surface area contributed by atoms with Gasteiger partial charge >= 0.3 is 0 Å². The molecule has 0 atom stereocenters. The molecule has 2 aromatic carbocycles. The van der Waals surface area contributed by atoms with Gasteiger partial charge in [-0.3, -0.25) is 4.79 Å². The van der Waals surface area contributed by atoms with Crippen LogP contribution in [-0.2, 0) is 6.61 Å². The number of methoxy groups -OCH3 is 1. The van der Waals surface area contributed by atoms with E-state index in [1.807, 2.05) is 36.4 Å². The third-order valence-electron chi connectivity index (χ3n) is 3.19. The Labute approximate surface area is 121 Å². The number of aromatic amines is 1. The number of hydrogen-bond acceptors (Lipinski definition) is 4. The first kappa shape index (κ1) is 13.2. The minimum Gasteiger partial charge on any atom is -0.497 e. The molecule has 0 bridgehead atoms. The van der Waals surface area contributed by atoms with E-state index in [0.717, 1.165) is 11.1 Å². The maximum Gasteiger partial charge on any atom is 0.272 e. The molecule has 1 heterocycles. The van der Waals surface area contributed by atoms with Crippen LogP contribution in [0.3, 0.4) is 0 Å². The molecule has 0 aliphatic carbocycles. The van der Waals surface area contributed by atoms with Crippen molar-refractivity contribution >= 4 is 10.8 Å². The van der Waals surface area contributed by atoms with E-state index in [4.69, 9.17) is 9.47 Å². The minimum absolute atomic E-state index is 0.198. The van der Waals surface area contributed by atoms with Crippen LogP contribution >= 0.6 is 0 Å². The van der Waals surface area contributed by atoms with E-state index < -0.39 is 0 Å². The van der Waals surface area contributed by atoms with Crippen LogP contribution in [-0.4, -0.2) is 17.3 Å². The first-order valence-corrected chi connectivity index (χ1v) is 6.51. The lowest BCUT2D eigenvalue weighted by Crippen LogP contribution is -2.12. The maximum absolute atomic E-state index is 11.7. The molecule has 5 heteroatoms. The van der Waals surface area contributed by atoms with E-state index in [0.29, 0.717) is 16.8 Å². The molecule has 0 amide bonds. The number of H-pyrrole nitrogens is 1. The molecule has 0 spiro atoms. The summed E-state index contributed by atoms with van der Waals surface area (Å²) < 4.78 is 10.9. The molecular weight excluding hydrogens is 268 g/mol. The van der Waals surface area contributed by atoms with Crippen LogP contribution < -0.4 is 15.0 Å². The molecule has 1 aromatic heterocycles. The lowest BCUT2D eigenvalue weighted by atomic mass is 10.1. The Morgan fingerprint density at radius 2 is 1.81 bits per heavy atom. The number of rotatable bonds is 4. The molecule has 0 radical (unpaired) electrons. The fourth-order valence-electron chi connectivity index (χ4n) is 2.12. The lowest BCUT2D eigenvalue weighted by Gasteiger charge is -2.08. The number of hydrogen-bond donors (Lipinski definition) is 1. The minimum atomic E-state index is -0.198. The molecule has 3 aromatic rings. The number of nitrogens with zero attached hydrogens (tertiary/aromatic N) is 1. The zero-order valence-electron chi connectivity index (χ0n) is 11.5. The molecule has 0 saturated heterocycles. The number of fused-ring (bicyclic) bond motifs is 1. The van der Waals surface area contributed by atoms with Crippen LogP contribution in [0.15, 0.2) is 53.3 Å². The van der Waals surface area contributed by atoms with E-state index in [2.05, 4.69) is 10.2 Å². The van der Waals surface area contributed by atoms with Gasteiger partial charge in [-0.2, -0.15) is 5.10 Å². The van der Waals surface area contributed by atoms with Crippen LogP contribution in [0, 0.1) is 0 Å². The summed E-state index contributed by atoms with van der Waals surface area (Å²) in [7, 11) is 1.61. The average molecular weight is 282 g/mol. The second kappa shape index (κ2) is 5.66. The zero-order valence-corrected chi connectivity index (χ0v) is 11.5. The highest BCUT2D eigenvalue weighted by Crippen LogP contribution is 2.20. The van der Waals surface area contributed by atoms with Crippen LogP contribution in [0.4, 0.5) is 0 Å². The third-order valence-corrected chi connectivity index (χ3v) is 3.19. The Morgan fingerprint density at radius 3 is 2.62 bits per heavy atom. The molecule has 21 heavy (non-hydrogen) atoms. The van der Waals surface area contributed by atoms with Gasteiger partial charge in [0.15, 0.2) is 0 Å². The Hall–Kier alpha value is -2.82.